The summed E-state index contributed by atoms with van der Waals surface area (Å²) in [5.41, 5.74) is 4.43. The maximum absolute atomic E-state index is 13.2. The molecule has 0 radical (unpaired) electrons. The summed E-state index contributed by atoms with van der Waals surface area (Å²) >= 11 is 1.46. The summed E-state index contributed by atoms with van der Waals surface area (Å²) in [7, 11) is 0. The van der Waals surface area contributed by atoms with Crippen molar-refractivity contribution in [1.82, 2.24) is 4.90 Å². The quantitative estimate of drug-likeness (QED) is 0.519. The van der Waals surface area contributed by atoms with Crippen molar-refractivity contribution in [3.63, 3.8) is 0 Å². The number of benzene rings is 3. The van der Waals surface area contributed by atoms with E-state index in [9.17, 15) is 4.79 Å². The SMILES string of the molecule is Cc1ccccc1/C=C1/SC(=NCc2ccccc2)N(Cc2ccccc2)C1=O. The first-order chi connectivity index (χ1) is 14.2. The molecule has 3 aromatic rings. The summed E-state index contributed by atoms with van der Waals surface area (Å²) in [6, 6.07) is 28.3. The fourth-order valence-electron chi connectivity index (χ4n) is 3.16. The number of amidine groups is 1. The number of hydrogen-bond acceptors (Lipinski definition) is 3. The van der Waals surface area contributed by atoms with Crippen molar-refractivity contribution in [1.29, 1.82) is 0 Å². The average molecular weight is 399 g/mol. The van der Waals surface area contributed by atoms with Gasteiger partial charge in [-0.3, -0.25) is 14.7 Å². The van der Waals surface area contributed by atoms with E-state index in [0.29, 0.717) is 18.0 Å². The molecular weight excluding hydrogens is 376 g/mol. The molecule has 0 aromatic heterocycles. The van der Waals surface area contributed by atoms with Gasteiger partial charge < -0.3 is 0 Å². The van der Waals surface area contributed by atoms with E-state index in [1.807, 2.05) is 72.8 Å². The lowest BCUT2D eigenvalue weighted by Gasteiger charge is -2.15. The van der Waals surface area contributed by atoms with Gasteiger partial charge >= 0.3 is 0 Å². The highest BCUT2D eigenvalue weighted by atomic mass is 32.2. The van der Waals surface area contributed by atoms with Crippen LogP contribution in [0.1, 0.15) is 22.3 Å². The number of aryl methyl sites for hydroxylation is 1. The molecule has 1 heterocycles. The zero-order chi connectivity index (χ0) is 20.1. The van der Waals surface area contributed by atoms with E-state index in [1.54, 1.807) is 4.90 Å². The van der Waals surface area contributed by atoms with Gasteiger partial charge in [-0.2, -0.15) is 0 Å². The molecule has 0 spiro atoms. The molecule has 4 rings (SSSR count). The molecule has 1 amide bonds. The summed E-state index contributed by atoms with van der Waals surface area (Å²) in [6.07, 6.45) is 1.98. The maximum Gasteiger partial charge on any atom is 0.267 e. The molecule has 1 aliphatic heterocycles. The normalized spacial score (nSPS) is 16.7. The summed E-state index contributed by atoms with van der Waals surface area (Å²) in [5, 5.41) is 0.752. The molecular formula is C25H22N2OS. The van der Waals surface area contributed by atoms with Crippen molar-refractivity contribution in [2.24, 2.45) is 4.99 Å². The fraction of sp³-hybridized carbons (Fsp3) is 0.120. The van der Waals surface area contributed by atoms with Gasteiger partial charge in [0.25, 0.3) is 5.91 Å². The maximum atomic E-state index is 13.2. The van der Waals surface area contributed by atoms with Crippen LogP contribution in [-0.4, -0.2) is 16.0 Å². The van der Waals surface area contributed by atoms with Crippen LogP contribution >= 0.6 is 11.8 Å². The van der Waals surface area contributed by atoms with Gasteiger partial charge in [0.1, 0.15) is 0 Å². The molecule has 0 saturated carbocycles. The number of rotatable bonds is 5. The Kier molecular flexibility index (Phi) is 5.92. The van der Waals surface area contributed by atoms with Crippen molar-refractivity contribution in [3.05, 3.63) is 112 Å². The van der Waals surface area contributed by atoms with E-state index in [4.69, 9.17) is 4.99 Å². The van der Waals surface area contributed by atoms with Crippen LogP contribution in [0.25, 0.3) is 6.08 Å². The Morgan fingerprint density at radius 1 is 0.862 bits per heavy atom. The minimum absolute atomic E-state index is 0.00826. The van der Waals surface area contributed by atoms with E-state index in [0.717, 1.165) is 27.4 Å². The number of thioether (sulfide) groups is 1. The van der Waals surface area contributed by atoms with E-state index in [-0.39, 0.29) is 5.91 Å². The lowest BCUT2D eigenvalue weighted by Crippen LogP contribution is -2.28. The van der Waals surface area contributed by atoms with E-state index in [2.05, 4.69) is 25.1 Å². The molecule has 0 atom stereocenters. The molecule has 29 heavy (non-hydrogen) atoms. The van der Waals surface area contributed by atoms with Gasteiger partial charge in [0, 0.05) is 0 Å². The molecule has 0 N–H and O–H groups in total. The molecule has 0 aliphatic carbocycles. The Balaban J connectivity index is 1.65. The third-order valence-electron chi connectivity index (χ3n) is 4.79. The monoisotopic (exact) mass is 398 g/mol. The van der Waals surface area contributed by atoms with Crippen LogP contribution in [0.2, 0.25) is 0 Å². The number of carbonyl (C=O) groups excluding carboxylic acids is 1. The largest absolute Gasteiger partial charge is 0.282 e. The lowest BCUT2D eigenvalue weighted by atomic mass is 10.1. The molecule has 1 aliphatic rings. The van der Waals surface area contributed by atoms with Gasteiger partial charge in [0.05, 0.1) is 18.0 Å². The Labute approximate surface area is 175 Å². The van der Waals surface area contributed by atoms with Crippen molar-refractivity contribution in [2.45, 2.75) is 20.0 Å². The number of hydrogen-bond donors (Lipinski definition) is 0. The van der Waals surface area contributed by atoms with Crippen LogP contribution in [0.4, 0.5) is 0 Å². The van der Waals surface area contributed by atoms with Gasteiger partial charge in [-0.15, -0.1) is 0 Å². The van der Waals surface area contributed by atoms with Crippen molar-refractivity contribution < 1.29 is 4.79 Å². The summed E-state index contributed by atoms with van der Waals surface area (Å²) in [5.74, 6) is 0.00826. The van der Waals surface area contributed by atoms with E-state index >= 15 is 0 Å². The highest BCUT2D eigenvalue weighted by Gasteiger charge is 2.33. The molecule has 0 unspecified atom stereocenters. The lowest BCUT2D eigenvalue weighted by molar-refractivity contribution is -0.122. The predicted molar refractivity (Wildman–Crippen MR) is 121 cm³/mol. The van der Waals surface area contributed by atoms with Crippen LogP contribution in [0.5, 0.6) is 0 Å². The highest BCUT2D eigenvalue weighted by molar-refractivity contribution is 8.18. The average Bonchev–Trinajstić information content (AvgIpc) is 3.04. The van der Waals surface area contributed by atoms with Gasteiger partial charge in [-0.25, -0.2) is 0 Å². The van der Waals surface area contributed by atoms with Gasteiger partial charge in [0.15, 0.2) is 5.17 Å². The van der Waals surface area contributed by atoms with Crippen LogP contribution in [-0.2, 0) is 17.9 Å². The molecule has 3 nitrogen and oxygen atoms in total. The zero-order valence-electron chi connectivity index (χ0n) is 16.3. The van der Waals surface area contributed by atoms with Crippen LogP contribution < -0.4 is 0 Å². The second-order valence-electron chi connectivity index (χ2n) is 6.93. The Bertz CT molecular complexity index is 1060. The Morgan fingerprint density at radius 3 is 2.17 bits per heavy atom. The minimum Gasteiger partial charge on any atom is -0.282 e. The second kappa shape index (κ2) is 8.93. The zero-order valence-corrected chi connectivity index (χ0v) is 17.1. The standard InChI is InChI=1S/C25H22N2OS/c1-19-10-8-9-15-22(19)16-23-24(28)27(18-21-13-6-3-7-14-21)25(29-23)26-17-20-11-4-2-5-12-20/h2-16H,17-18H2,1H3/b23-16+,26-25?. The molecule has 0 bridgehead atoms. The summed E-state index contributed by atoms with van der Waals surface area (Å²) in [4.78, 5) is 20.5. The number of aliphatic imine (C=N–C) groups is 1. The first-order valence-corrected chi connectivity index (χ1v) is 10.4. The molecule has 1 saturated heterocycles. The first kappa shape index (κ1) is 19.2. The topological polar surface area (TPSA) is 32.7 Å². The van der Waals surface area contributed by atoms with Gasteiger partial charge in [0.2, 0.25) is 0 Å². The third kappa shape index (κ3) is 4.66. The highest BCUT2D eigenvalue weighted by Crippen LogP contribution is 2.34. The van der Waals surface area contributed by atoms with Gasteiger partial charge in [-0.05, 0) is 47.0 Å². The van der Waals surface area contributed by atoms with Crippen LogP contribution in [0.15, 0.2) is 94.8 Å². The third-order valence-corrected chi connectivity index (χ3v) is 5.83. The van der Waals surface area contributed by atoms with Gasteiger partial charge in [-0.1, -0.05) is 84.9 Å². The minimum atomic E-state index is 0.00826. The van der Waals surface area contributed by atoms with E-state index < -0.39 is 0 Å². The Hall–Kier alpha value is -3.11. The number of amides is 1. The summed E-state index contributed by atoms with van der Waals surface area (Å²) < 4.78 is 0. The van der Waals surface area contributed by atoms with Crippen molar-refractivity contribution in [2.75, 3.05) is 0 Å². The molecule has 3 aromatic carbocycles. The molecule has 1 fully saturated rings. The van der Waals surface area contributed by atoms with Crippen molar-refractivity contribution >= 4 is 28.9 Å². The smallest absolute Gasteiger partial charge is 0.267 e. The van der Waals surface area contributed by atoms with Crippen LogP contribution in [0.3, 0.4) is 0 Å². The summed E-state index contributed by atoms with van der Waals surface area (Å²) in [6.45, 7) is 3.13. The Morgan fingerprint density at radius 2 is 1.48 bits per heavy atom. The van der Waals surface area contributed by atoms with Crippen LogP contribution in [0, 0.1) is 6.92 Å². The molecule has 4 heteroatoms. The molecule has 144 valence electrons. The fourth-order valence-corrected chi connectivity index (χ4v) is 4.13. The number of nitrogens with zero attached hydrogens (tertiary/aromatic N) is 2. The van der Waals surface area contributed by atoms with Crippen molar-refractivity contribution in [3.8, 4) is 0 Å². The first-order valence-electron chi connectivity index (χ1n) is 9.60. The van der Waals surface area contributed by atoms with E-state index in [1.165, 1.54) is 11.8 Å². The number of carbonyl (C=O) groups is 1. The predicted octanol–water partition coefficient (Wildman–Crippen LogP) is 5.67. The second-order valence-corrected chi connectivity index (χ2v) is 7.94.